The van der Waals surface area contributed by atoms with Crippen molar-refractivity contribution in [3.63, 3.8) is 0 Å². The van der Waals surface area contributed by atoms with Gasteiger partial charge in [0.05, 0.1) is 5.75 Å². The number of carbonyl (C=O) groups is 1. The first-order valence-corrected chi connectivity index (χ1v) is 3.83. The number of nitrogens with zero attached hydrogens (tertiary/aromatic N) is 1. The van der Waals surface area contributed by atoms with Gasteiger partial charge in [-0.15, -0.1) is 24.4 Å². The molecule has 1 rings (SSSR count). The SMILES string of the molecule is CN1C(=O)CSC1S. The molecule has 0 aliphatic carbocycles. The zero-order chi connectivity index (χ0) is 6.15. The van der Waals surface area contributed by atoms with Crippen molar-refractivity contribution < 1.29 is 4.79 Å². The number of thiol groups is 1. The van der Waals surface area contributed by atoms with Crippen LogP contribution < -0.4 is 0 Å². The second-order valence-electron chi connectivity index (χ2n) is 1.64. The van der Waals surface area contributed by atoms with Crippen molar-refractivity contribution in [2.24, 2.45) is 0 Å². The predicted octanol–water partition coefficient (Wildman–Crippen LogP) is 0.405. The second-order valence-corrected chi connectivity index (χ2v) is 3.55. The summed E-state index contributed by atoms with van der Waals surface area (Å²) >= 11 is 5.67. The zero-order valence-electron chi connectivity index (χ0n) is 4.50. The molecule has 46 valence electrons. The molecule has 0 aromatic rings. The van der Waals surface area contributed by atoms with Gasteiger partial charge in [-0.2, -0.15) is 0 Å². The van der Waals surface area contributed by atoms with Crippen LogP contribution in [0.5, 0.6) is 0 Å². The van der Waals surface area contributed by atoms with E-state index in [1.165, 1.54) is 0 Å². The number of hydrogen-bond acceptors (Lipinski definition) is 3. The molecule has 0 spiro atoms. The molecule has 8 heavy (non-hydrogen) atoms. The van der Waals surface area contributed by atoms with Gasteiger partial charge in [0.15, 0.2) is 0 Å². The Morgan fingerprint density at radius 2 is 2.62 bits per heavy atom. The summed E-state index contributed by atoms with van der Waals surface area (Å²) in [6.45, 7) is 0. The van der Waals surface area contributed by atoms with Gasteiger partial charge in [-0.3, -0.25) is 4.79 Å². The number of carbonyl (C=O) groups excluding carboxylic acids is 1. The highest BCUT2D eigenvalue weighted by molar-refractivity contribution is 8.11. The van der Waals surface area contributed by atoms with Crippen molar-refractivity contribution in [3.8, 4) is 0 Å². The normalized spacial score (nSPS) is 29.5. The van der Waals surface area contributed by atoms with Gasteiger partial charge >= 0.3 is 0 Å². The third kappa shape index (κ3) is 0.951. The maximum atomic E-state index is 10.6. The van der Waals surface area contributed by atoms with E-state index in [-0.39, 0.29) is 10.6 Å². The van der Waals surface area contributed by atoms with Gasteiger partial charge in [-0.25, -0.2) is 0 Å². The van der Waals surface area contributed by atoms with Crippen LogP contribution in [0, 0.1) is 0 Å². The molecular formula is C4H7NOS2. The smallest absolute Gasteiger partial charge is 0.233 e. The summed E-state index contributed by atoms with van der Waals surface area (Å²) in [5.74, 6) is 0.764. The Kier molecular flexibility index (Phi) is 1.72. The maximum absolute atomic E-state index is 10.6. The molecule has 1 fully saturated rings. The summed E-state index contributed by atoms with van der Waals surface area (Å²) < 4.78 is 0.0856. The molecule has 1 aliphatic heterocycles. The van der Waals surface area contributed by atoms with E-state index in [0.29, 0.717) is 5.75 Å². The zero-order valence-corrected chi connectivity index (χ0v) is 6.21. The largest absolute Gasteiger partial charge is 0.324 e. The van der Waals surface area contributed by atoms with Crippen LogP contribution in [0.1, 0.15) is 0 Å². The van der Waals surface area contributed by atoms with Crippen LogP contribution in [0.4, 0.5) is 0 Å². The summed E-state index contributed by atoms with van der Waals surface area (Å²) in [6.07, 6.45) is 0. The third-order valence-corrected chi connectivity index (χ3v) is 2.90. The van der Waals surface area contributed by atoms with E-state index in [4.69, 9.17) is 0 Å². The first-order chi connectivity index (χ1) is 3.72. The molecular weight excluding hydrogens is 142 g/mol. The average Bonchev–Trinajstić information content (AvgIpc) is 1.98. The summed E-state index contributed by atoms with van der Waals surface area (Å²) in [5, 5.41) is 0. The molecule has 0 aromatic heterocycles. The lowest BCUT2D eigenvalue weighted by Crippen LogP contribution is -2.24. The fraction of sp³-hybridized carbons (Fsp3) is 0.750. The molecule has 0 radical (unpaired) electrons. The predicted molar refractivity (Wildman–Crippen MR) is 38.0 cm³/mol. The fourth-order valence-electron chi connectivity index (χ4n) is 0.483. The number of thioether (sulfide) groups is 1. The van der Waals surface area contributed by atoms with Gasteiger partial charge in [0.25, 0.3) is 0 Å². The molecule has 1 aliphatic rings. The van der Waals surface area contributed by atoms with E-state index in [1.54, 1.807) is 23.7 Å². The summed E-state index contributed by atoms with van der Waals surface area (Å²) in [5.41, 5.74) is 0. The van der Waals surface area contributed by atoms with Crippen LogP contribution in [0.3, 0.4) is 0 Å². The summed E-state index contributed by atoms with van der Waals surface area (Å²) in [6, 6.07) is 0. The van der Waals surface area contributed by atoms with E-state index in [2.05, 4.69) is 12.6 Å². The van der Waals surface area contributed by atoms with Crippen molar-refractivity contribution in [2.45, 2.75) is 4.71 Å². The number of hydrogen-bond donors (Lipinski definition) is 1. The fourth-order valence-corrected chi connectivity index (χ4v) is 1.67. The van der Waals surface area contributed by atoms with Crippen molar-refractivity contribution in [1.82, 2.24) is 4.90 Å². The van der Waals surface area contributed by atoms with Crippen LogP contribution in [-0.4, -0.2) is 28.3 Å². The van der Waals surface area contributed by atoms with Gasteiger partial charge in [0.1, 0.15) is 4.71 Å². The number of amides is 1. The highest BCUT2D eigenvalue weighted by Crippen LogP contribution is 2.24. The van der Waals surface area contributed by atoms with Crippen molar-refractivity contribution in [2.75, 3.05) is 12.8 Å². The minimum atomic E-state index is 0.0856. The minimum absolute atomic E-state index is 0.0856. The Morgan fingerprint density at radius 1 is 2.00 bits per heavy atom. The van der Waals surface area contributed by atoms with E-state index >= 15 is 0 Å². The summed E-state index contributed by atoms with van der Waals surface area (Å²) in [4.78, 5) is 12.3. The molecule has 1 saturated heterocycles. The van der Waals surface area contributed by atoms with Crippen LogP contribution in [0.15, 0.2) is 0 Å². The Balaban J connectivity index is 2.56. The standard InChI is InChI=1S/C4H7NOS2/c1-5-3(6)2-8-4(5)7/h4,7H,2H2,1H3. The minimum Gasteiger partial charge on any atom is -0.324 e. The van der Waals surface area contributed by atoms with E-state index in [1.807, 2.05) is 0 Å². The molecule has 1 heterocycles. The quantitative estimate of drug-likeness (QED) is 0.503. The first kappa shape index (κ1) is 6.29. The van der Waals surface area contributed by atoms with E-state index < -0.39 is 0 Å². The molecule has 1 atom stereocenters. The topological polar surface area (TPSA) is 20.3 Å². The molecule has 2 nitrogen and oxygen atoms in total. The average molecular weight is 149 g/mol. The second kappa shape index (κ2) is 2.19. The first-order valence-electron chi connectivity index (χ1n) is 2.27. The Morgan fingerprint density at radius 3 is 2.75 bits per heavy atom. The maximum Gasteiger partial charge on any atom is 0.233 e. The molecule has 0 N–H and O–H groups in total. The third-order valence-electron chi connectivity index (χ3n) is 1.08. The highest BCUT2D eigenvalue weighted by Gasteiger charge is 2.24. The van der Waals surface area contributed by atoms with Crippen LogP contribution in [0.25, 0.3) is 0 Å². The van der Waals surface area contributed by atoms with E-state index in [0.717, 1.165) is 0 Å². The van der Waals surface area contributed by atoms with Crippen molar-refractivity contribution >= 4 is 30.3 Å². The monoisotopic (exact) mass is 149 g/mol. The van der Waals surface area contributed by atoms with Gasteiger partial charge in [0, 0.05) is 7.05 Å². The van der Waals surface area contributed by atoms with Crippen LogP contribution >= 0.6 is 24.4 Å². The van der Waals surface area contributed by atoms with Gasteiger partial charge < -0.3 is 4.90 Å². The highest BCUT2D eigenvalue weighted by atomic mass is 32.2. The Labute approximate surface area is 58.0 Å². The van der Waals surface area contributed by atoms with Crippen molar-refractivity contribution in [3.05, 3.63) is 0 Å². The molecule has 4 heteroatoms. The van der Waals surface area contributed by atoms with Crippen LogP contribution in [0.2, 0.25) is 0 Å². The lowest BCUT2D eigenvalue weighted by molar-refractivity contribution is -0.125. The Hall–Kier alpha value is 0.170. The Bertz CT molecular complexity index is 117. The molecule has 0 aromatic carbocycles. The summed E-state index contributed by atoms with van der Waals surface area (Å²) in [7, 11) is 1.76. The van der Waals surface area contributed by atoms with Gasteiger partial charge in [0.2, 0.25) is 5.91 Å². The van der Waals surface area contributed by atoms with Gasteiger partial charge in [-0.05, 0) is 0 Å². The molecule has 0 bridgehead atoms. The number of rotatable bonds is 0. The van der Waals surface area contributed by atoms with Crippen LogP contribution in [-0.2, 0) is 4.79 Å². The lowest BCUT2D eigenvalue weighted by atomic mass is 10.6. The molecule has 1 unspecified atom stereocenters. The van der Waals surface area contributed by atoms with E-state index in [9.17, 15) is 4.79 Å². The lowest BCUT2D eigenvalue weighted by Gasteiger charge is -2.11. The molecule has 0 saturated carbocycles. The van der Waals surface area contributed by atoms with Gasteiger partial charge in [-0.1, -0.05) is 0 Å². The van der Waals surface area contributed by atoms with Crippen molar-refractivity contribution in [1.29, 1.82) is 0 Å². The molecule has 1 amide bonds.